The Morgan fingerprint density at radius 3 is 2.75 bits per heavy atom. The second-order valence-corrected chi connectivity index (χ2v) is 7.42. The highest BCUT2D eigenvalue weighted by Gasteiger charge is 2.33. The molecule has 0 radical (unpaired) electrons. The number of amides is 1. The summed E-state index contributed by atoms with van der Waals surface area (Å²) in [6.45, 7) is 1.70. The van der Waals surface area contributed by atoms with Gasteiger partial charge in [0.05, 0.1) is 10.9 Å². The predicted molar refractivity (Wildman–Crippen MR) is 95.7 cm³/mol. The molecule has 24 heavy (non-hydrogen) atoms. The lowest BCUT2D eigenvalue weighted by Crippen LogP contribution is -2.44. The van der Waals surface area contributed by atoms with E-state index < -0.39 is 0 Å². The van der Waals surface area contributed by atoms with Crippen LogP contribution in [0.25, 0.3) is 10.9 Å². The number of hydrogen-bond donors (Lipinski definition) is 2. The normalized spacial score (nSPS) is 23.9. The highest BCUT2D eigenvalue weighted by Crippen LogP contribution is 2.36. The van der Waals surface area contributed by atoms with Crippen molar-refractivity contribution >= 4 is 29.0 Å². The number of aromatic nitrogens is 2. The summed E-state index contributed by atoms with van der Waals surface area (Å²) in [6, 6.07) is 5.18. The highest BCUT2D eigenvalue weighted by molar-refractivity contribution is 7.71. The molecule has 1 aliphatic heterocycles. The Kier molecular flexibility index (Phi) is 4.00. The molecular weight excluding hydrogens is 322 g/mol. The molecule has 1 amide bonds. The van der Waals surface area contributed by atoms with Gasteiger partial charge in [-0.15, -0.1) is 0 Å². The van der Waals surface area contributed by atoms with E-state index >= 15 is 0 Å². The van der Waals surface area contributed by atoms with Gasteiger partial charge in [0.1, 0.15) is 0 Å². The molecule has 1 saturated carbocycles. The minimum Gasteiger partial charge on any atom is -0.338 e. The quantitative estimate of drug-likeness (QED) is 0.781. The number of aromatic amines is 2. The van der Waals surface area contributed by atoms with E-state index in [4.69, 9.17) is 12.2 Å². The number of benzene rings is 1. The molecule has 2 heterocycles. The maximum absolute atomic E-state index is 12.9. The zero-order valence-corrected chi connectivity index (χ0v) is 14.3. The fourth-order valence-electron chi connectivity index (χ4n) is 4.27. The summed E-state index contributed by atoms with van der Waals surface area (Å²) in [7, 11) is 0. The van der Waals surface area contributed by atoms with Crippen LogP contribution in [0.4, 0.5) is 0 Å². The first-order valence-corrected chi connectivity index (χ1v) is 9.08. The van der Waals surface area contributed by atoms with Crippen LogP contribution in [0.1, 0.15) is 42.5 Å². The minimum absolute atomic E-state index is 0.0560. The van der Waals surface area contributed by atoms with Gasteiger partial charge in [0.2, 0.25) is 0 Å². The Bertz CT molecular complexity index is 901. The maximum Gasteiger partial charge on any atom is 0.259 e. The zero-order chi connectivity index (χ0) is 16.7. The third kappa shape index (κ3) is 2.79. The number of H-pyrrole nitrogens is 2. The van der Waals surface area contributed by atoms with Crippen LogP contribution < -0.4 is 5.56 Å². The standard InChI is InChI=1S/C18H21N3O2S/c22-16-14-6-5-12(9-15(14)19-18(24)20-16)17(23)21-8-7-11-3-1-2-4-13(11)10-21/h5-6,9,11,13H,1-4,7-8,10H2,(H2,19,20,22,24). The Morgan fingerprint density at radius 2 is 1.92 bits per heavy atom. The van der Waals surface area contributed by atoms with Crippen molar-refractivity contribution in [2.45, 2.75) is 32.1 Å². The van der Waals surface area contributed by atoms with E-state index in [1.165, 1.54) is 25.7 Å². The van der Waals surface area contributed by atoms with Crippen LogP contribution in [0.5, 0.6) is 0 Å². The summed E-state index contributed by atoms with van der Waals surface area (Å²) in [6.07, 6.45) is 6.31. The van der Waals surface area contributed by atoms with Crippen LogP contribution in [-0.4, -0.2) is 33.9 Å². The van der Waals surface area contributed by atoms with Gasteiger partial charge in [0.25, 0.3) is 11.5 Å². The molecule has 126 valence electrons. The molecule has 2 fully saturated rings. The summed E-state index contributed by atoms with van der Waals surface area (Å²) >= 11 is 5.02. The van der Waals surface area contributed by atoms with Crippen LogP contribution in [0, 0.1) is 16.6 Å². The minimum atomic E-state index is -0.226. The van der Waals surface area contributed by atoms with Crippen LogP contribution in [0.15, 0.2) is 23.0 Å². The third-order valence-corrected chi connectivity index (χ3v) is 5.77. The van der Waals surface area contributed by atoms with E-state index in [0.717, 1.165) is 25.4 Å². The molecule has 2 atom stereocenters. The molecule has 1 aromatic carbocycles. The Hall–Kier alpha value is -1.95. The van der Waals surface area contributed by atoms with Gasteiger partial charge in [-0.1, -0.05) is 19.3 Å². The first-order chi connectivity index (χ1) is 11.6. The SMILES string of the molecule is O=C(c1ccc2c(=O)[nH]c(=S)[nH]c2c1)N1CCC2CCCCC2C1. The lowest BCUT2D eigenvalue weighted by Gasteiger charge is -2.41. The summed E-state index contributed by atoms with van der Waals surface area (Å²) in [5.41, 5.74) is 1.01. The van der Waals surface area contributed by atoms with Gasteiger partial charge < -0.3 is 9.88 Å². The van der Waals surface area contributed by atoms with E-state index in [0.29, 0.717) is 22.4 Å². The van der Waals surface area contributed by atoms with E-state index in [1.807, 2.05) is 4.90 Å². The van der Waals surface area contributed by atoms with Gasteiger partial charge in [-0.3, -0.25) is 14.6 Å². The first kappa shape index (κ1) is 15.6. The van der Waals surface area contributed by atoms with Crippen molar-refractivity contribution in [3.63, 3.8) is 0 Å². The number of carbonyl (C=O) groups is 1. The molecule has 2 unspecified atom stereocenters. The highest BCUT2D eigenvalue weighted by atomic mass is 32.1. The van der Waals surface area contributed by atoms with Crippen LogP contribution >= 0.6 is 12.2 Å². The number of piperidine rings is 1. The molecule has 0 spiro atoms. The number of fused-ring (bicyclic) bond motifs is 2. The lowest BCUT2D eigenvalue weighted by atomic mass is 9.75. The van der Waals surface area contributed by atoms with Gasteiger partial charge in [-0.25, -0.2) is 0 Å². The molecule has 1 saturated heterocycles. The number of rotatable bonds is 1. The number of likely N-dealkylation sites (tertiary alicyclic amines) is 1. The summed E-state index contributed by atoms with van der Waals surface area (Å²) in [5.74, 6) is 1.51. The number of carbonyl (C=O) groups excluding carboxylic acids is 1. The van der Waals surface area contributed by atoms with Crippen molar-refractivity contribution in [1.29, 1.82) is 0 Å². The Labute approximate surface area is 145 Å². The summed E-state index contributed by atoms with van der Waals surface area (Å²) < 4.78 is 0.278. The van der Waals surface area contributed by atoms with Gasteiger partial charge in [-0.2, -0.15) is 0 Å². The molecule has 0 bridgehead atoms. The molecule has 2 aromatic rings. The number of nitrogens with one attached hydrogen (secondary N) is 2. The lowest BCUT2D eigenvalue weighted by molar-refractivity contribution is 0.0521. The molecule has 6 heteroatoms. The van der Waals surface area contributed by atoms with Crippen LogP contribution in [0.3, 0.4) is 0 Å². The summed E-state index contributed by atoms with van der Waals surface area (Å²) in [4.78, 5) is 32.3. The van der Waals surface area contributed by atoms with Crippen molar-refractivity contribution in [3.05, 3.63) is 38.9 Å². The van der Waals surface area contributed by atoms with Gasteiger partial charge in [0.15, 0.2) is 4.77 Å². The molecule has 4 rings (SSSR count). The monoisotopic (exact) mass is 343 g/mol. The van der Waals surface area contributed by atoms with E-state index in [9.17, 15) is 9.59 Å². The van der Waals surface area contributed by atoms with Crippen molar-refractivity contribution in [2.75, 3.05) is 13.1 Å². The van der Waals surface area contributed by atoms with Crippen LogP contribution in [-0.2, 0) is 0 Å². The van der Waals surface area contributed by atoms with E-state index in [1.54, 1.807) is 18.2 Å². The summed E-state index contributed by atoms with van der Waals surface area (Å²) in [5, 5.41) is 0.520. The van der Waals surface area contributed by atoms with Gasteiger partial charge in [0, 0.05) is 18.7 Å². The topological polar surface area (TPSA) is 69.0 Å². The third-order valence-electron chi connectivity index (χ3n) is 5.56. The van der Waals surface area contributed by atoms with Crippen molar-refractivity contribution in [3.8, 4) is 0 Å². The Morgan fingerprint density at radius 1 is 1.12 bits per heavy atom. The average Bonchev–Trinajstić information content (AvgIpc) is 2.60. The zero-order valence-electron chi connectivity index (χ0n) is 13.5. The van der Waals surface area contributed by atoms with Crippen LogP contribution in [0.2, 0.25) is 0 Å². The predicted octanol–water partition coefficient (Wildman–Crippen LogP) is 3.24. The van der Waals surface area contributed by atoms with Crippen molar-refractivity contribution in [1.82, 2.24) is 14.9 Å². The second kappa shape index (κ2) is 6.16. The van der Waals surface area contributed by atoms with E-state index in [2.05, 4.69) is 9.97 Å². The molecule has 1 aromatic heterocycles. The van der Waals surface area contributed by atoms with Crippen molar-refractivity contribution < 1.29 is 4.79 Å². The largest absolute Gasteiger partial charge is 0.338 e. The van der Waals surface area contributed by atoms with Gasteiger partial charge >= 0.3 is 0 Å². The number of nitrogens with zero attached hydrogens (tertiary/aromatic N) is 1. The smallest absolute Gasteiger partial charge is 0.259 e. The average molecular weight is 343 g/mol. The fourth-order valence-corrected chi connectivity index (χ4v) is 4.47. The Balaban J connectivity index is 1.61. The molecule has 2 N–H and O–H groups in total. The van der Waals surface area contributed by atoms with E-state index in [-0.39, 0.29) is 16.2 Å². The fraction of sp³-hybridized carbons (Fsp3) is 0.500. The van der Waals surface area contributed by atoms with Gasteiger partial charge in [-0.05, 0) is 55.1 Å². The number of hydrogen-bond acceptors (Lipinski definition) is 3. The van der Waals surface area contributed by atoms with Crippen molar-refractivity contribution in [2.24, 2.45) is 11.8 Å². The molecule has 5 nitrogen and oxygen atoms in total. The maximum atomic E-state index is 12.9. The molecular formula is C18H21N3O2S. The first-order valence-electron chi connectivity index (χ1n) is 8.67. The molecule has 1 aliphatic carbocycles. The molecule has 2 aliphatic rings. The second-order valence-electron chi connectivity index (χ2n) is 7.01.